The number of carbonyl (C=O) groups excluding carboxylic acids is 1. The first-order valence-electron chi connectivity index (χ1n) is 18.4. The number of rotatable bonds is 31. The maximum absolute atomic E-state index is 12.5. The van der Waals surface area contributed by atoms with Gasteiger partial charge in [-0.1, -0.05) is 142 Å². The SMILES string of the molecule is CCCCCCCCCCCCOc1ccc(C=CC(=O)CC[N+](C)(C)CCO)cc1OCCCCCCCCCCCC.[Br-]. The van der Waals surface area contributed by atoms with E-state index < -0.39 is 0 Å². The molecular weight excluding hydrogens is 626 g/mol. The van der Waals surface area contributed by atoms with Gasteiger partial charge in [-0.2, -0.15) is 0 Å². The molecule has 1 N–H and O–H groups in total. The molecule has 45 heavy (non-hydrogen) atoms. The van der Waals surface area contributed by atoms with Gasteiger partial charge >= 0.3 is 0 Å². The van der Waals surface area contributed by atoms with Gasteiger partial charge in [-0.05, 0) is 36.6 Å². The molecule has 1 aromatic carbocycles. The van der Waals surface area contributed by atoms with Crippen LogP contribution < -0.4 is 26.5 Å². The summed E-state index contributed by atoms with van der Waals surface area (Å²) < 4.78 is 13.1. The summed E-state index contributed by atoms with van der Waals surface area (Å²) in [5.41, 5.74) is 0.951. The van der Waals surface area contributed by atoms with Crippen molar-refractivity contribution < 1.29 is 40.8 Å². The number of halogens is 1. The Balaban J connectivity index is 0.0000194. The Morgan fingerprint density at radius 1 is 0.667 bits per heavy atom. The van der Waals surface area contributed by atoms with Crippen LogP contribution >= 0.6 is 0 Å². The van der Waals surface area contributed by atoms with Crippen molar-refractivity contribution in [3.05, 3.63) is 29.8 Å². The van der Waals surface area contributed by atoms with Gasteiger partial charge in [0.25, 0.3) is 0 Å². The zero-order chi connectivity index (χ0) is 32.1. The van der Waals surface area contributed by atoms with Crippen LogP contribution in [0.5, 0.6) is 11.5 Å². The van der Waals surface area contributed by atoms with Crippen molar-refractivity contribution in [1.29, 1.82) is 0 Å². The minimum atomic E-state index is 0. The Kier molecular flexibility index (Phi) is 29.1. The van der Waals surface area contributed by atoms with Gasteiger partial charge in [0.05, 0.1) is 46.9 Å². The Bertz CT molecular complexity index is 857. The zero-order valence-electron chi connectivity index (χ0n) is 29.8. The summed E-state index contributed by atoms with van der Waals surface area (Å²) in [5, 5.41) is 9.23. The number of benzene rings is 1. The lowest BCUT2D eigenvalue weighted by Crippen LogP contribution is -3.00. The molecule has 0 aliphatic heterocycles. The fourth-order valence-electron chi connectivity index (χ4n) is 5.47. The summed E-state index contributed by atoms with van der Waals surface area (Å²) in [5.74, 6) is 1.69. The number of hydrogen-bond acceptors (Lipinski definition) is 4. The highest BCUT2D eigenvalue weighted by atomic mass is 79.9. The van der Waals surface area contributed by atoms with E-state index in [9.17, 15) is 9.90 Å². The van der Waals surface area contributed by atoms with Gasteiger partial charge in [-0.25, -0.2) is 0 Å². The average molecular weight is 697 g/mol. The molecule has 0 amide bonds. The number of nitrogens with zero attached hydrogens (tertiary/aromatic N) is 1. The Labute approximate surface area is 288 Å². The van der Waals surface area contributed by atoms with E-state index in [1.54, 1.807) is 6.08 Å². The Hall–Kier alpha value is -1.37. The average Bonchev–Trinajstić information content (AvgIpc) is 3.01. The predicted molar refractivity (Wildman–Crippen MR) is 189 cm³/mol. The molecule has 0 heterocycles. The quantitative estimate of drug-likeness (QED) is 0.0502. The van der Waals surface area contributed by atoms with Crippen LogP contribution in [-0.4, -0.2) is 62.4 Å². The Morgan fingerprint density at radius 2 is 1.11 bits per heavy atom. The molecule has 0 spiro atoms. The topological polar surface area (TPSA) is 55.8 Å². The minimum Gasteiger partial charge on any atom is -1.00 e. The lowest BCUT2D eigenvalue weighted by molar-refractivity contribution is -0.890. The monoisotopic (exact) mass is 695 g/mol. The summed E-state index contributed by atoms with van der Waals surface area (Å²) in [4.78, 5) is 12.5. The van der Waals surface area contributed by atoms with E-state index in [1.165, 1.54) is 116 Å². The number of allylic oxidation sites excluding steroid dienone is 1. The normalized spacial score (nSPS) is 11.6. The maximum atomic E-state index is 12.5. The summed E-state index contributed by atoms with van der Waals surface area (Å²) >= 11 is 0. The molecule has 262 valence electrons. The van der Waals surface area contributed by atoms with E-state index in [0.29, 0.717) is 37.2 Å². The number of ether oxygens (including phenoxy) is 2. The van der Waals surface area contributed by atoms with E-state index in [0.717, 1.165) is 29.9 Å². The first-order chi connectivity index (χ1) is 21.4. The first kappa shape index (κ1) is 43.6. The van der Waals surface area contributed by atoms with Crippen LogP contribution in [0.1, 0.15) is 154 Å². The number of aliphatic hydroxyl groups is 1. The molecular formula is C39H70BrNO4. The third-order valence-corrected chi connectivity index (χ3v) is 8.61. The van der Waals surface area contributed by atoms with Gasteiger partial charge in [-0.15, -0.1) is 0 Å². The van der Waals surface area contributed by atoms with Crippen LogP contribution in [0, 0.1) is 0 Å². The van der Waals surface area contributed by atoms with Gasteiger partial charge in [0.15, 0.2) is 17.3 Å². The van der Waals surface area contributed by atoms with Gasteiger partial charge in [0.2, 0.25) is 0 Å². The number of unbranched alkanes of at least 4 members (excludes halogenated alkanes) is 18. The molecule has 0 aliphatic carbocycles. The van der Waals surface area contributed by atoms with Crippen LogP contribution in [0.4, 0.5) is 0 Å². The second-order valence-corrected chi connectivity index (χ2v) is 13.4. The van der Waals surface area contributed by atoms with Crippen LogP contribution in [0.15, 0.2) is 24.3 Å². The molecule has 0 aliphatic rings. The summed E-state index contributed by atoms with van der Waals surface area (Å²) in [6.07, 6.45) is 30.1. The molecule has 0 bridgehead atoms. The lowest BCUT2D eigenvalue weighted by atomic mass is 10.1. The summed E-state index contributed by atoms with van der Waals surface area (Å²) in [6.45, 7) is 7.44. The van der Waals surface area contributed by atoms with Crippen molar-refractivity contribution in [2.45, 2.75) is 149 Å². The zero-order valence-corrected chi connectivity index (χ0v) is 31.4. The van der Waals surface area contributed by atoms with Crippen molar-refractivity contribution in [2.75, 3.05) is 47.0 Å². The summed E-state index contributed by atoms with van der Waals surface area (Å²) in [7, 11) is 4.08. The highest BCUT2D eigenvalue weighted by Crippen LogP contribution is 2.30. The second kappa shape index (κ2) is 30.0. The van der Waals surface area contributed by atoms with Gasteiger partial charge in [0.1, 0.15) is 6.54 Å². The smallest absolute Gasteiger partial charge is 0.161 e. The standard InChI is InChI=1S/C39H70NO4.BrH/c1-5-7-9-11-13-15-17-19-21-23-33-43-38-28-26-36(25-27-37(42)29-30-40(3,4)31-32-41)35-39(38)44-34-24-22-20-18-16-14-12-10-8-6-2;/h25-28,35,41H,5-24,29-34H2,1-4H3;1H/q+1;/p-1. The molecule has 0 unspecified atom stereocenters. The third-order valence-electron chi connectivity index (χ3n) is 8.61. The highest BCUT2D eigenvalue weighted by molar-refractivity contribution is 5.93. The van der Waals surface area contributed by atoms with Crippen LogP contribution in [-0.2, 0) is 4.79 Å². The molecule has 0 saturated carbocycles. The molecule has 1 rings (SSSR count). The summed E-state index contributed by atoms with van der Waals surface area (Å²) in [6, 6.07) is 6.02. The van der Waals surface area contributed by atoms with Gasteiger partial charge in [-0.3, -0.25) is 4.79 Å². The van der Waals surface area contributed by atoms with E-state index in [1.807, 2.05) is 38.4 Å². The van der Waals surface area contributed by atoms with Crippen LogP contribution in [0.25, 0.3) is 6.08 Å². The fourth-order valence-corrected chi connectivity index (χ4v) is 5.47. The lowest BCUT2D eigenvalue weighted by Gasteiger charge is -2.28. The van der Waals surface area contributed by atoms with Crippen molar-refractivity contribution in [3.63, 3.8) is 0 Å². The fraction of sp³-hybridized carbons (Fsp3) is 0.769. The third kappa shape index (κ3) is 25.4. The molecule has 6 heteroatoms. The number of likely N-dealkylation sites (N-methyl/N-ethyl adjacent to an activating group) is 1. The van der Waals surface area contributed by atoms with Crippen LogP contribution in [0.3, 0.4) is 0 Å². The van der Waals surface area contributed by atoms with E-state index >= 15 is 0 Å². The van der Waals surface area contributed by atoms with Gasteiger partial charge in [0, 0.05) is 0 Å². The van der Waals surface area contributed by atoms with Crippen molar-refractivity contribution in [3.8, 4) is 11.5 Å². The van der Waals surface area contributed by atoms with Gasteiger partial charge < -0.3 is 36.0 Å². The van der Waals surface area contributed by atoms with Crippen LogP contribution in [0.2, 0.25) is 0 Å². The maximum Gasteiger partial charge on any atom is 0.161 e. The highest BCUT2D eigenvalue weighted by Gasteiger charge is 2.15. The Morgan fingerprint density at radius 3 is 1.58 bits per heavy atom. The van der Waals surface area contributed by atoms with Crippen molar-refractivity contribution in [1.82, 2.24) is 0 Å². The molecule has 0 atom stereocenters. The predicted octanol–water partition coefficient (Wildman–Crippen LogP) is 7.33. The molecule has 0 fully saturated rings. The van der Waals surface area contributed by atoms with Crippen molar-refractivity contribution >= 4 is 11.9 Å². The molecule has 5 nitrogen and oxygen atoms in total. The minimum absolute atomic E-state index is 0. The second-order valence-electron chi connectivity index (χ2n) is 13.4. The number of carbonyl (C=O) groups is 1. The number of aliphatic hydroxyl groups excluding tert-OH is 1. The molecule has 0 radical (unpaired) electrons. The molecule has 0 saturated heterocycles. The first-order valence-corrected chi connectivity index (χ1v) is 18.4. The van der Waals surface area contributed by atoms with Crippen molar-refractivity contribution in [2.24, 2.45) is 0 Å². The van der Waals surface area contributed by atoms with E-state index in [2.05, 4.69) is 13.8 Å². The van der Waals surface area contributed by atoms with E-state index in [-0.39, 0.29) is 29.4 Å². The molecule has 0 aromatic heterocycles. The molecule has 1 aromatic rings. The number of quaternary nitrogens is 1. The number of hydrogen-bond donors (Lipinski definition) is 1. The largest absolute Gasteiger partial charge is 1.00 e. The number of ketones is 1. The van der Waals surface area contributed by atoms with E-state index in [4.69, 9.17) is 9.47 Å².